The summed E-state index contributed by atoms with van der Waals surface area (Å²) in [7, 11) is 0. The highest BCUT2D eigenvalue weighted by Crippen LogP contribution is 2.34. The number of H-pyrrole nitrogens is 2. The number of anilines is 1. The Morgan fingerprint density at radius 2 is 1.76 bits per heavy atom. The number of aromatic nitrogens is 7. The number of halogens is 2. The Balaban J connectivity index is 1.26. The van der Waals surface area contributed by atoms with Crippen LogP contribution in [0.2, 0.25) is 0 Å². The number of aromatic amines is 2. The number of fused-ring (bicyclic) bond motifs is 2. The highest BCUT2D eigenvalue weighted by molar-refractivity contribution is 5.97. The third-order valence-corrected chi connectivity index (χ3v) is 7.57. The molecule has 9 nitrogen and oxygen atoms in total. The zero-order chi connectivity index (χ0) is 27.9. The lowest BCUT2D eigenvalue weighted by Gasteiger charge is -2.20. The molecule has 1 aromatic carbocycles. The van der Waals surface area contributed by atoms with Gasteiger partial charge in [-0.3, -0.25) is 19.9 Å². The molecule has 0 spiro atoms. The second-order valence-electron chi connectivity index (χ2n) is 10.2. The molecular formula is C30H24F2N8O. The summed E-state index contributed by atoms with van der Waals surface area (Å²) in [4.78, 5) is 33.4. The van der Waals surface area contributed by atoms with Crippen LogP contribution in [0.4, 0.5) is 14.5 Å². The first-order valence-corrected chi connectivity index (χ1v) is 13.4. The molecule has 204 valence electrons. The highest BCUT2D eigenvalue weighted by atomic mass is 19.1. The number of amides is 1. The molecular weight excluding hydrogens is 526 g/mol. The minimum atomic E-state index is -0.601. The van der Waals surface area contributed by atoms with Crippen molar-refractivity contribution >= 4 is 33.7 Å². The van der Waals surface area contributed by atoms with Gasteiger partial charge in [0.15, 0.2) is 17.3 Å². The maximum absolute atomic E-state index is 16.1. The molecule has 7 rings (SSSR count). The van der Waals surface area contributed by atoms with Crippen LogP contribution in [-0.4, -0.2) is 41.0 Å². The maximum atomic E-state index is 16.1. The molecule has 5 aromatic heterocycles. The zero-order valence-corrected chi connectivity index (χ0v) is 21.8. The molecule has 6 aromatic rings. The van der Waals surface area contributed by atoms with E-state index in [1.54, 1.807) is 36.7 Å². The van der Waals surface area contributed by atoms with Crippen LogP contribution in [0.25, 0.3) is 56.0 Å². The van der Waals surface area contributed by atoms with E-state index in [1.165, 1.54) is 24.5 Å². The van der Waals surface area contributed by atoms with Crippen LogP contribution in [0.3, 0.4) is 0 Å². The van der Waals surface area contributed by atoms with Gasteiger partial charge in [-0.2, -0.15) is 5.10 Å². The molecule has 1 saturated carbocycles. The van der Waals surface area contributed by atoms with Crippen molar-refractivity contribution in [2.45, 2.75) is 32.1 Å². The lowest BCUT2D eigenvalue weighted by Crippen LogP contribution is -2.24. The average molecular weight is 551 g/mol. The number of nitrogens with zero attached hydrogens (tertiary/aromatic N) is 5. The molecule has 3 N–H and O–H groups in total. The zero-order valence-electron chi connectivity index (χ0n) is 21.8. The van der Waals surface area contributed by atoms with Gasteiger partial charge in [-0.15, -0.1) is 0 Å². The van der Waals surface area contributed by atoms with Crippen LogP contribution in [0, 0.1) is 17.6 Å². The summed E-state index contributed by atoms with van der Waals surface area (Å²) >= 11 is 0. The fourth-order valence-electron chi connectivity index (χ4n) is 5.49. The van der Waals surface area contributed by atoms with Gasteiger partial charge in [0.25, 0.3) is 0 Å². The number of carbonyl (C=O) groups is 1. The number of nitrogens with one attached hydrogen (secondary N) is 3. The summed E-state index contributed by atoms with van der Waals surface area (Å²) in [6.45, 7) is 0. The smallest absolute Gasteiger partial charge is 0.227 e. The Morgan fingerprint density at radius 3 is 2.59 bits per heavy atom. The topological polar surface area (TPSA) is 125 Å². The molecule has 1 fully saturated rings. The van der Waals surface area contributed by atoms with Gasteiger partial charge in [-0.05, 0) is 42.7 Å². The van der Waals surface area contributed by atoms with Gasteiger partial charge in [-0.25, -0.2) is 18.7 Å². The summed E-state index contributed by atoms with van der Waals surface area (Å²) in [6.07, 6.45) is 11.2. The Morgan fingerprint density at radius 1 is 0.927 bits per heavy atom. The van der Waals surface area contributed by atoms with Crippen molar-refractivity contribution in [3.8, 4) is 33.9 Å². The van der Waals surface area contributed by atoms with Crippen molar-refractivity contribution in [3.63, 3.8) is 0 Å². The predicted molar refractivity (Wildman–Crippen MR) is 151 cm³/mol. The minimum absolute atomic E-state index is 0.0195. The van der Waals surface area contributed by atoms with Crippen molar-refractivity contribution in [1.29, 1.82) is 0 Å². The monoisotopic (exact) mass is 550 g/mol. The van der Waals surface area contributed by atoms with E-state index in [1.807, 2.05) is 0 Å². The Bertz CT molecular complexity index is 1910. The number of rotatable bonds is 5. The molecule has 5 heterocycles. The molecule has 1 aliphatic rings. The van der Waals surface area contributed by atoms with Crippen LogP contribution in [0.5, 0.6) is 0 Å². The van der Waals surface area contributed by atoms with Crippen LogP contribution < -0.4 is 5.32 Å². The standard InChI is InChI=1S/C30H24F2N8O/c31-19-8-6-16(7-9-19)21-10-11-34-28-26(21)37-29(38-28)27-23-22(39-40-27)15-35-25(24(23)32)18-12-20(14-33-13-18)36-30(41)17-4-2-1-3-5-17/h6-15,17H,1-5H2,(H,36,41)(H,39,40)(H,34,37,38). The predicted octanol–water partition coefficient (Wildman–Crippen LogP) is 6.42. The van der Waals surface area contributed by atoms with E-state index in [0.717, 1.165) is 43.2 Å². The Labute approximate surface area is 232 Å². The molecule has 1 amide bonds. The Kier molecular flexibility index (Phi) is 6.18. The number of carbonyl (C=O) groups excluding carboxylic acids is 1. The van der Waals surface area contributed by atoms with Crippen molar-refractivity contribution in [2.75, 3.05) is 5.32 Å². The normalized spacial score (nSPS) is 14.1. The number of pyridine rings is 3. The molecule has 1 aliphatic carbocycles. The van der Waals surface area contributed by atoms with E-state index in [9.17, 15) is 9.18 Å². The number of hydrogen-bond donors (Lipinski definition) is 3. The van der Waals surface area contributed by atoms with Crippen molar-refractivity contribution < 1.29 is 13.6 Å². The quantitative estimate of drug-likeness (QED) is 0.227. The van der Waals surface area contributed by atoms with E-state index in [0.29, 0.717) is 33.8 Å². The van der Waals surface area contributed by atoms with Crippen molar-refractivity contribution in [1.82, 2.24) is 35.1 Å². The second-order valence-corrected chi connectivity index (χ2v) is 10.2. The van der Waals surface area contributed by atoms with Gasteiger partial charge in [0, 0.05) is 29.4 Å². The lowest BCUT2D eigenvalue weighted by molar-refractivity contribution is -0.120. The van der Waals surface area contributed by atoms with Crippen LogP contribution in [-0.2, 0) is 4.79 Å². The number of benzene rings is 1. The summed E-state index contributed by atoms with van der Waals surface area (Å²) in [6, 6.07) is 9.59. The summed E-state index contributed by atoms with van der Waals surface area (Å²) in [5, 5.41) is 10.3. The van der Waals surface area contributed by atoms with E-state index < -0.39 is 5.82 Å². The third kappa shape index (κ3) is 4.58. The van der Waals surface area contributed by atoms with Gasteiger partial charge in [0.1, 0.15) is 17.2 Å². The van der Waals surface area contributed by atoms with Crippen molar-refractivity contribution in [3.05, 3.63) is 72.8 Å². The molecule has 0 bridgehead atoms. The van der Waals surface area contributed by atoms with Crippen LogP contribution in [0.1, 0.15) is 32.1 Å². The molecule has 0 saturated heterocycles. The van der Waals surface area contributed by atoms with Gasteiger partial charge in [0.2, 0.25) is 5.91 Å². The minimum Gasteiger partial charge on any atom is -0.335 e. The summed E-state index contributed by atoms with van der Waals surface area (Å²) < 4.78 is 29.6. The van der Waals surface area contributed by atoms with Gasteiger partial charge < -0.3 is 10.3 Å². The summed E-state index contributed by atoms with van der Waals surface area (Å²) in [5.41, 5.74) is 4.22. The van der Waals surface area contributed by atoms with Crippen LogP contribution in [0.15, 0.2) is 61.2 Å². The molecule has 0 unspecified atom stereocenters. The number of hydrogen-bond acceptors (Lipinski definition) is 6. The average Bonchev–Trinajstić information content (AvgIpc) is 3.63. The maximum Gasteiger partial charge on any atom is 0.227 e. The van der Waals surface area contributed by atoms with Crippen molar-refractivity contribution in [2.24, 2.45) is 5.92 Å². The van der Waals surface area contributed by atoms with E-state index >= 15 is 4.39 Å². The largest absolute Gasteiger partial charge is 0.335 e. The fourth-order valence-corrected chi connectivity index (χ4v) is 5.49. The molecule has 0 aliphatic heterocycles. The number of imidazole rings is 1. The molecule has 41 heavy (non-hydrogen) atoms. The molecule has 0 radical (unpaired) electrons. The van der Waals surface area contributed by atoms with E-state index in [-0.39, 0.29) is 34.4 Å². The lowest BCUT2D eigenvalue weighted by atomic mass is 9.88. The molecule has 11 heteroatoms. The van der Waals surface area contributed by atoms with Gasteiger partial charge >= 0.3 is 0 Å². The van der Waals surface area contributed by atoms with Gasteiger partial charge in [0.05, 0.1) is 34.5 Å². The first kappa shape index (κ1) is 24.9. The highest BCUT2D eigenvalue weighted by Gasteiger charge is 2.23. The molecule has 0 atom stereocenters. The van der Waals surface area contributed by atoms with Gasteiger partial charge in [-0.1, -0.05) is 31.4 Å². The van der Waals surface area contributed by atoms with Crippen LogP contribution >= 0.6 is 0 Å². The SMILES string of the molecule is O=C(Nc1cncc(-c2ncc3[nH]nc(-c4nc5nccc(-c6ccc(F)cc6)c5[nH]4)c3c2F)c1)C1CCCCC1. The Hall–Kier alpha value is -5.06. The fraction of sp³-hybridized carbons (Fsp3) is 0.200. The third-order valence-electron chi connectivity index (χ3n) is 7.57. The summed E-state index contributed by atoms with van der Waals surface area (Å²) in [5.74, 6) is -0.677. The van der Waals surface area contributed by atoms with E-state index in [4.69, 9.17) is 0 Å². The first-order chi connectivity index (χ1) is 20.0. The second kappa shape index (κ2) is 10.2. The first-order valence-electron chi connectivity index (χ1n) is 13.4. The van der Waals surface area contributed by atoms with E-state index in [2.05, 4.69) is 40.4 Å².